The second kappa shape index (κ2) is 6.06. The van der Waals surface area contributed by atoms with E-state index in [4.69, 9.17) is 0 Å². The van der Waals surface area contributed by atoms with Gasteiger partial charge in [0.15, 0.2) is 0 Å². The first kappa shape index (κ1) is 13.9. The number of pyridine rings is 1. The molecule has 0 bridgehead atoms. The number of anilines is 1. The van der Waals surface area contributed by atoms with Crippen LogP contribution in [-0.2, 0) is 4.79 Å². The van der Waals surface area contributed by atoms with Gasteiger partial charge in [0.05, 0.1) is 0 Å². The molecule has 0 fully saturated rings. The Morgan fingerprint density at radius 1 is 1.15 bits per heavy atom. The number of carbonyl (C=O) groups excluding carboxylic acids is 1. The van der Waals surface area contributed by atoms with E-state index in [9.17, 15) is 13.6 Å². The Morgan fingerprint density at radius 2 is 1.80 bits per heavy atom. The van der Waals surface area contributed by atoms with Gasteiger partial charge in [-0.1, -0.05) is 12.1 Å². The molecule has 20 heavy (non-hydrogen) atoms. The van der Waals surface area contributed by atoms with E-state index in [1.807, 2.05) is 0 Å². The molecular weight excluding hydrogens is 262 g/mol. The Kier molecular flexibility index (Phi) is 4.20. The molecule has 1 heterocycles. The van der Waals surface area contributed by atoms with Crippen LogP contribution in [0.5, 0.6) is 0 Å². The fraction of sp³-hybridized carbons (Fsp3) is 0.0667. The minimum absolute atomic E-state index is 0.250. The monoisotopic (exact) mass is 274 g/mol. The molecule has 3 nitrogen and oxygen atoms in total. The number of hydrogen-bond donors (Lipinski definition) is 1. The molecule has 0 radical (unpaired) electrons. The van der Waals surface area contributed by atoms with Crippen molar-refractivity contribution < 1.29 is 13.6 Å². The number of amides is 1. The molecule has 0 saturated carbocycles. The van der Waals surface area contributed by atoms with Gasteiger partial charge in [-0.3, -0.25) is 4.79 Å². The SMILES string of the molecule is Cc1cccc(NC(=O)C=Cc2c(F)cccc2F)n1. The quantitative estimate of drug-likeness (QED) is 0.872. The van der Waals surface area contributed by atoms with E-state index in [2.05, 4.69) is 10.3 Å². The van der Waals surface area contributed by atoms with Gasteiger partial charge in [0, 0.05) is 17.3 Å². The van der Waals surface area contributed by atoms with Crippen molar-refractivity contribution in [2.75, 3.05) is 5.32 Å². The molecule has 5 heteroatoms. The number of carbonyl (C=O) groups is 1. The molecule has 1 amide bonds. The second-order valence-electron chi connectivity index (χ2n) is 4.12. The summed E-state index contributed by atoms with van der Waals surface area (Å²) >= 11 is 0. The summed E-state index contributed by atoms with van der Waals surface area (Å²) in [5.41, 5.74) is 0.506. The van der Waals surface area contributed by atoms with E-state index in [-0.39, 0.29) is 5.56 Å². The molecule has 0 spiro atoms. The fourth-order valence-corrected chi connectivity index (χ4v) is 1.61. The Bertz CT molecular complexity index is 648. The molecule has 1 aromatic carbocycles. The van der Waals surface area contributed by atoms with Crippen molar-refractivity contribution in [1.29, 1.82) is 0 Å². The third-order valence-electron chi connectivity index (χ3n) is 2.54. The number of halogens is 2. The fourth-order valence-electron chi connectivity index (χ4n) is 1.61. The molecule has 2 rings (SSSR count). The predicted octanol–water partition coefficient (Wildman–Crippen LogP) is 3.32. The zero-order valence-corrected chi connectivity index (χ0v) is 10.7. The van der Waals surface area contributed by atoms with Crippen molar-refractivity contribution in [3.05, 3.63) is 65.4 Å². The average Bonchev–Trinajstić information content (AvgIpc) is 2.38. The highest BCUT2D eigenvalue weighted by Crippen LogP contribution is 2.13. The first-order valence-corrected chi connectivity index (χ1v) is 5.93. The lowest BCUT2D eigenvalue weighted by Crippen LogP contribution is -2.09. The van der Waals surface area contributed by atoms with Crippen LogP contribution >= 0.6 is 0 Å². The van der Waals surface area contributed by atoms with Gasteiger partial charge in [-0.15, -0.1) is 0 Å². The van der Waals surface area contributed by atoms with E-state index in [0.29, 0.717) is 5.82 Å². The summed E-state index contributed by atoms with van der Waals surface area (Å²) in [6, 6.07) is 8.69. The molecular formula is C15H12F2N2O. The molecule has 102 valence electrons. The summed E-state index contributed by atoms with van der Waals surface area (Å²) in [6.07, 6.45) is 2.15. The van der Waals surface area contributed by atoms with Gasteiger partial charge < -0.3 is 5.32 Å². The molecule has 2 aromatic rings. The second-order valence-corrected chi connectivity index (χ2v) is 4.12. The van der Waals surface area contributed by atoms with Crippen LogP contribution in [0.25, 0.3) is 6.08 Å². The summed E-state index contributed by atoms with van der Waals surface area (Å²) in [5, 5.41) is 2.51. The Hall–Kier alpha value is -2.56. The van der Waals surface area contributed by atoms with Gasteiger partial charge in [-0.25, -0.2) is 13.8 Å². The third kappa shape index (κ3) is 3.47. The maximum absolute atomic E-state index is 13.3. The number of benzene rings is 1. The average molecular weight is 274 g/mol. The highest BCUT2D eigenvalue weighted by atomic mass is 19.1. The third-order valence-corrected chi connectivity index (χ3v) is 2.54. The van der Waals surface area contributed by atoms with Crippen LogP contribution in [0.3, 0.4) is 0 Å². The smallest absolute Gasteiger partial charge is 0.249 e. The van der Waals surface area contributed by atoms with Crippen molar-refractivity contribution in [1.82, 2.24) is 4.98 Å². The number of aromatic nitrogens is 1. The lowest BCUT2D eigenvalue weighted by atomic mass is 10.2. The molecule has 1 aromatic heterocycles. The van der Waals surface area contributed by atoms with Gasteiger partial charge in [-0.05, 0) is 37.3 Å². The van der Waals surface area contributed by atoms with Crippen molar-refractivity contribution in [2.45, 2.75) is 6.92 Å². The topological polar surface area (TPSA) is 42.0 Å². The van der Waals surface area contributed by atoms with Crippen molar-refractivity contribution in [3.8, 4) is 0 Å². The number of hydrogen-bond acceptors (Lipinski definition) is 2. The van der Waals surface area contributed by atoms with Crippen molar-refractivity contribution in [3.63, 3.8) is 0 Å². The van der Waals surface area contributed by atoms with Crippen molar-refractivity contribution >= 4 is 17.8 Å². The predicted molar refractivity (Wildman–Crippen MR) is 73.0 cm³/mol. The molecule has 0 unspecified atom stereocenters. The maximum Gasteiger partial charge on any atom is 0.249 e. The number of nitrogens with one attached hydrogen (secondary N) is 1. The van der Waals surface area contributed by atoms with Crippen LogP contribution in [0, 0.1) is 18.6 Å². The van der Waals surface area contributed by atoms with E-state index >= 15 is 0 Å². The van der Waals surface area contributed by atoms with Crippen LogP contribution in [0.15, 0.2) is 42.5 Å². The van der Waals surface area contributed by atoms with Gasteiger partial charge >= 0.3 is 0 Å². The van der Waals surface area contributed by atoms with E-state index in [1.165, 1.54) is 6.07 Å². The van der Waals surface area contributed by atoms with Crippen LogP contribution in [0.2, 0.25) is 0 Å². The Balaban J connectivity index is 2.10. The summed E-state index contributed by atoms with van der Waals surface area (Å²) in [6.45, 7) is 1.79. The van der Waals surface area contributed by atoms with Crippen LogP contribution in [-0.4, -0.2) is 10.9 Å². The molecule has 0 atom stereocenters. The first-order valence-electron chi connectivity index (χ1n) is 5.93. The van der Waals surface area contributed by atoms with Gasteiger partial charge in [-0.2, -0.15) is 0 Å². The minimum atomic E-state index is -0.720. The lowest BCUT2D eigenvalue weighted by molar-refractivity contribution is -0.111. The van der Waals surface area contributed by atoms with E-state index in [0.717, 1.165) is 30.0 Å². The highest BCUT2D eigenvalue weighted by Gasteiger charge is 2.05. The van der Waals surface area contributed by atoms with Gasteiger partial charge in [0.25, 0.3) is 0 Å². The van der Waals surface area contributed by atoms with Gasteiger partial charge in [0.1, 0.15) is 17.5 Å². The summed E-state index contributed by atoms with van der Waals surface area (Å²) in [4.78, 5) is 15.7. The molecule has 0 aliphatic heterocycles. The normalized spacial score (nSPS) is 10.8. The number of aryl methyl sites for hydroxylation is 1. The largest absolute Gasteiger partial charge is 0.307 e. The van der Waals surface area contributed by atoms with Crippen LogP contribution in [0.1, 0.15) is 11.3 Å². The summed E-state index contributed by atoms with van der Waals surface area (Å²) in [5.74, 6) is -1.56. The standard InChI is InChI=1S/C15H12F2N2O/c1-10-4-2-7-14(18-10)19-15(20)9-8-11-12(16)5-3-6-13(11)17/h2-9H,1H3,(H,18,19,20). The first-order chi connectivity index (χ1) is 9.56. The Morgan fingerprint density at radius 3 is 2.45 bits per heavy atom. The molecule has 0 aliphatic carbocycles. The zero-order chi connectivity index (χ0) is 14.5. The van der Waals surface area contributed by atoms with Gasteiger partial charge in [0.2, 0.25) is 5.91 Å². The van der Waals surface area contributed by atoms with Crippen LogP contribution < -0.4 is 5.32 Å². The maximum atomic E-state index is 13.3. The highest BCUT2D eigenvalue weighted by molar-refractivity contribution is 6.01. The number of nitrogens with zero attached hydrogens (tertiary/aromatic N) is 1. The van der Waals surface area contributed by atoms with E-state index in [1.54, 1.807) is 25.1 Å². The molecule has 0 saturated heterocycles. The summed E-state index contributed by atoms with van der Waals surface area (Å²) in [7, 11) is 0. The number of rotatable bonds is 3. The van der Waals surface area contributed by atoms with Crippen LogP contribution in [0.4, 0.5) is 14.6 Å². The zero-order valence-electron chi connectivity index (χ0n) is 10.7. The van der Waals surface area contributed by atoms with E-state index < -0.39 is 17.5 Å². The molecule has 1 N–H and O–H groups in total. The Labute approximate surface area is 115 Å². The lowest BCUT2D eigenvalue weighted by Gasteiger charge is -2.02. The van der Waals surface area contributed by atoms with Crippen molar-refractivity contribution in [2.24, 2.45) is 0 Å². The molecule has 0 aliphatic rings. The minimum Gasteiger partial charge on any atom is -0.307 e. The summed E-state index contributed by atoms with van der Waals surface area (Å²) < 4.78 is 26.7.